The normalized spacial score (nSPS) is 13.0. The van der Waals surface area contributed by atoms with Gasteiger partial charge in [0.15, 0.2) is 0 Å². The number of amides is 1. The summed E-state index contributed by atoms with van der Waals surface area (Å²) in [5.41, 5.74) is 0. The number of carbonyl (C=O) groups is 2. The van der Waals surface area contributed by atoms with Gasteiger partial charge in [0, 0.05) is 12.8 Å². The highest BCUT2D eigenvalue weighted by molar-refractivity contribution is 5.76. The Bertz CT molecular complexity index is 1050. The molecule has 0 heterocycles. The molecule has 362 valence electrons. The molecule has 0 aromatic carbocycles. The first-order chi connectivity index (χ1) is 30.5. The SMILES string of the molecule is CCC/C=C\C/C=C\CCCCCCCC(=O)OCCCC/C=C\CCCCCCCC(=O)NC(CO)C(O)/C=C/CCCCCCCCCCCCCCCCCCCCC. The number of rotatable bonds is 49. The van der Waals surface area contributed by atoms with E-state index in [2.05, 4.69) is 55.6 Å². The highest BCUT2D eigenvalue weighted by Crippen LogP contribution is 2.16. The smallest absolute Gasteiger partial charge is 0.305 e. The molecule has 6 heteroatoms. The fourth-order valence-corrected chi connectivity index (χ4v) is 7.90. The van der Waals surface area contributed by atoms with E-state index < -0.39 is 12.1 Å². The molecule has 0 aliphatic heterocycles. The van der Waals surface area contributed by atoms with E-state index in [0.29, 0.717) is 19.4 Å². The van der Waals surface area contributed by atoms with Crippen molar-refractivity contribution in [1.82, 2.24) is 5.32 Å². The number of nitrogens with one attached hydrogen (secondary N) is 1. The number of unbranched alkanes of at least 4 members (excludes halogenated alkanes) is 32. The molecule has 0 fully saturated rings. The van der Waals surface area contributed by atoms with Gasteiger partial charge in [0.1, 0.15) is 0 Å². The molecule has 6 nitrogen and oxygen atoms in total. The lowest BCUT2D eigenvalue weighted by molar-refractivity contribution is -0.143. The van der Waals surface area contributed by atoms with Crippen LogP contribution in [0, 0.1) is 0 Å². The van der Waals surface area contributed by atoms with Gasteiger partial charge in [-0.2, -0.15) is 0 Å². The second-order valence-corrected chi connectivity index (χ2v) is 18.2. The minimum absolute atomic E-state index is 0.0487. The van der Waals surface area contributed by atoms with E-state index in [-0.39, 0.29) is 18.5 Å². The Kier molecular flexibility index (Phi) is 49.6. The first-order valence-electron chi connectivity index (χ1n) is 26.9. The van der Waals surface area contributed by atoms with Crippen molar-refractivity contribution in [2.75, 3.05) is 13.2 Å². The summed E-state index contributed by atoms with van der Waals surface area (Å²) in [6, 6.07) is -0.651. The molecule has 0 spiro atoms. The second-order valence-electron chi connectivity index (χ2n) is 18.2. The summed E-state index contributed by atoms with van der Waals surface area (Å²) in [5, 5.41) is 23.1. The van der Waals surface area contributed by atoms with E-state index >= 15 is 0 Å². The lowest BCUT2D eigenvalue weighted by Crippen LogP contribution is -2.45. The highest BCUT2D eigenvalue weighted by Gasteiger charge is 2.18. The lowest BCUT2D eigenvalue weighted by atomic mass is 10.0. The van der Waals surface area contributed by atoms with Crippen LogP contribution in [0.1, 0.15) is 271 Å². The van der Waals surface area contributed by atoms with Crippen molar-refractivity contribution in [2.45, 2.75) is 283 Å². The summed E-state index contributed by atoms with van der Waals surface area (Å²) in [4.78, 5) is 24.4. The van der Waals surface area contributed by atoms with Gasteiger partial charge in [-0.05, 0) is 83.5 Å². The van der Waals surface area contributed by atoms with Gasteiger partial charge in [-0.25, -0.2) is 0 Å². The topological polar surface area (TPSA) is 95.9 Å². The predicted molar refractivity (Wildman–Crippen MR) is 269 cm³/mol. The van der Waals surface area contributed by atoms with E-state index in [1.54, 1.807) is 6.08 Å². The van der Waals surface area contributed by atoms with Crippen molar-refractivity contribution in [3.63, 3.8) is 0 Å². The second kappa shape index (κ2) is 51.5. The minimum atomic E-state index is -0.865. The van der Waals surface area contributed by atoms with Gasteiger partial charge in [0.2, 0.25) is 5.91 Å². The van der Waals surface area contributed by atoms with Crippen molar-refractivity contribution in [2.24, 2.45) is 0 Å². The fourth-order valence-electron chi connectivity index (χ4n) is 7.90. The number of allylic oxidation sites excluding steroid dienone is 7. The van der Waals surface area contributed by atoms with Gasteiger partial charge in [-0.15, -0.1) is 0 Å². The number of ether oxygens (including phenoxy) is 1. The minimum Gasteiger partial charge on any atom is -0.466 e. The summed E-state index contributed by atoms with van der Waals surface area (Å²) >= 11 is 0. The van der Waals surface area contributed by atoms with Crippen molar-refractivity contribution in [3.05, 3.63) is 48.6 Å². The van der Waals surface area contributed by atoms with Gasteiger partial charge in [0.05, 0.1) is 25.4 Å². The number of carbonyl (C=O) groups excluding carboxylic acids is 2. The Labute approximate surface area is 385 Å². The average Bonchev–Trinajstić information content (AvgIpc) is 3.27. The summed E-state index contributed by atoms with van der Waals surface area (Å²) in [6.45, 7) is 4.75. The Hall–Kier alpha value is -2.18. The van der Waals surface area contributed by atoms with Gasteiger partial charge in [-0.1, -0.05) is 223 Å². The Morgan fingerprint density at radius 3 is 1.31 bits per heavy atom. The maximum absolute atomic E-state index is 12.5. The molecule has 0 aliphatic rings. The molecule has 0 saturated heterocycles. The van der Waals surface area contributed by atoms with Crippen LogP contribution in [0.2, 0.25) is 0 Å². The Balaban J connectivity index is 3.57. The molecule has 62 heavy (non-hydrogen) atoms. The molecule has 1 amide bonds. The van der Waals surface area contributed by atoms with Crippen LogP contribution in [-0.4, -0.2) is 47.4 Å². The quantitative estimate of drug-likeness (QED) is 0.0322. The number of hydrogen-bond donors (Lipinski definition) is 3. The van der Waals surface area contributed by atoms with Crippen LogP contribution < -0.4 is 5.32 Å². The molecule has 0 aliphatic carbocycles. The molecule has 3 N–H and O–H groups in total. The van der Waals surface area contributed by atoms with Gasteiger partial charge < -0.3 is 20.3 Å². The maximum Gasteiger partial charge on any atom is 0.305 e. The molecular weight excluding hydrogens is 767 g/mol. The van der Waals surface area contributed by atoms with Crippen molar-refractivity contribution in [3.8, 4) is 0 Å². The van der Waals surface area contributed by atoms with Crippen molar-refractivity contribution < 1.29 is 24.5 Å². The Morgan fingerprint density at radius 2 is 0.839 bits per heavy atom. The average molecular weight is 870 g/mol. The van der Waals surface area contributed by atoms with E-state index in [1.165, 1.54) is 148 Å². The molecule has 2 unspecified atom stereocenters. The first kappa shape index (κ1) is 59.8. The summed E-state index contributed by atoms with van der Waals surface area (Å²) in [7, 11) is 0. The summed E-state index contributed by atoms with van der Waals surface area (Å²) in [5.74, 6) is -0.146. The van der Waals surface area contributed by atoms with Crippen LogP contribution in [0.25, 0.3) is 0 Å². The molecule has 0 radical (unpaired) electrons. The van der Waals surface area contributed by atoms with E-state index in [1.807, 2.05) is 6.08 Å². The summed E-state index contributed by atoms with van der Waals surface area (Å²) in [6.07, 6.45) is 64.1. The summed E-state index contributed by atoms with van der Waals surface area (Å²) < 4.78 is 5.42. The number of aliphatic hydroxyl groups excluding tert-OH is 2. The van der Waals surface area contributed by atoms with Gasteiger partial charge in [0.25, 0.3) is 0 Å². The van der Waals surface area contributed by atoms with Crippen LogP contribution in [0.15, 0.2) is 48.6 Å². The van der Waals surface area contributed by atoms with E-state index in [4.69, 9.17) is 4.74 Å². The largest absolute Gasteiger partial charge is 0.466 e. The van der Waals surface area contributed by atoms with Crippen LogP contribution in [0.4, 0.5) is 0 Å². The lowest BCUT2D eigenvalue weighted by Gasteiger charge is -2.20. The zero-order valence-corrected chi connectivity index (χ0v) is 41.1. The molecule has 2 atom stereocenters. The van der Waals surface area contributed by atoms with Crippen LogP contribution >= 0.6 is 0 Å². The van der Waals surface area contributed by atoms with Gasteiger partial charge in [-0.3, -0.25) is 9.59 Å². The number of esters is 1. The third-order valence-corrected chi connectivity index (χ3v) is 12.0. The standard InChI is InChI=1S/C56H103NO5/c1-3-5-7-9-11-13-15-17-18-19-20-21-22-23-24-26-28-32-36-40-44-48-54(59)53(52-58)57-55(60)49-45-41-37-33-29-27-31-35-39-43-47-51-62-56(61)50-46-42-38-34-30-25-16-14-12-10-8-6-4-2/h8,10,14,16,31,35,44,48,53-54,58-59H,3-7,9,11-13,15,17-30,32-34,36-43,45-47,49-52H2,1-2H3,(H,57,60)/b10-8-,16-14-,35-31-,48-44+. The van der Waals surface area contributed by atoms with Gasteiger partial charge >= 0.3 is 5.97 Å². The van der Waals surface area contributed by atoms with Crippen LogP contribution in [0.3, 0.4) is 0 Å². The highest BCUT2D eigenvalue weighted by atomic mass is 16.5. The maximum atomic E-state index is 12.5. The van der Waals surface area contributed by atoms with Crippen molar-refractivity contribution >= 4 is 11.9 Å². The molecule has 0 aromatic rings. The zero-order chi connectivity index (χ0) is 45.1. The fraction of sp³-hybridized carbons (Fsp3) is 0.821. The predicted octanol–water partition coefficient (Wildman–Crippen LogP) is 16.2. The number of hydrogen-bond acceptors (Lipinski definition) is 5. The Morgan fingerprint density at radius 1 is 0.452 bits per heavy atom. The molecule has 0 saturated carbocycles. The molecule has 0 bridgehead atoms. The van der Waals surface area contributed by atoms with E-state index in [9.17, 15) is 19.8 Å². The van der Waals surface area contributed by atoms with Crippen molar-refractivity contribution in [1.29, 1.82) is 0 Å². The third-order valence-electron chi connectivity index (χ3n) is 12.0. The van der Waals surface area contributed by atoms with E-state index in [0.717, 1.165) is 96.3 Å². The first-order valence-corrected chi connectivity index (χ1v) is 26.9. The molecular formula is C56H103NO5. The van der Waals surface area contributed by atoms with Crippen LogP contribution in [-0.2, 0) is 14.3 Å². The molecule has 0 aromatic heterocycles. The third kappa shape index (κ3) is 47.3. The monoisotopic (exact) mass is 870 g/mol. The number of aliphatic hydroxyl groups is 2. The van der Waals surface area contributed by atoms with Crippen LogP contribution in [0.5, 0.6) is 0 Å². The zero-order valence-electron chi connectivity index (χ0n) is 41.1. The molecule has 0 rings (SSSR count).